The van der Waals surface area contributed by atoms with Gasteiger partial charge in [0.2, 0.25) is 0 Å². The molecule has 1 rings (SSSR count). The zero-order valence-corrected chi connectivity index (χ0v) is 11.5. The SMILES string of the molecule is CCCCCC(=O)ONc1ccc(N=[N+]=[N-])cc1[N+](=O)[O-]. The standard InChI is InChI=1S/C12H15N5O4/c1-2-3-4-5-12(18)21-15-10-7-6-9(14-16-13)8-11(10)17(19)20/h6-8,15H,2-5H2,1H3. The van der Waals surface area contributed by atoms with E-state index in [2.05, 4.69) is 15.5 Å². The molecule has 0 aliphatic carbocycles. The lowest BCUT2D eigenvalue weighted by atomic mass is 10.2. The van der Waals surface area contributed by atoms with Crippen molar-refractivity contribution in [1.82, 2.24) is 0 Å². The largest absolute Gasteiger partial charge is 0.343 e. The summed E-state index contributed by atoms with van der Waals surface area (Å²) in [7, 11) is 0. The quantitative estimate of drug-likeness (QED) is 0.193. The number of anilines is 1. The van der Waals surface area contributed by atoms with Crippen molar-refractivity contribution in [3.63, 3.8) is 0 Å². The third kappa shape index (κ3) is 5.37. The maximum atomic E-state index is 11.4. The lowest BCUT2D eigenvalue weighted by molar-refractivity contribution is -0.384. The van der Waals surface area contributed by atoms with Gasteiger partial charge in [-0.15, -0.1) is 0 Å². The number of unbranched alkanes of at least 4 members (excludes halogenated alkanes) is 2. The van der Waals surface area contributed by atoms with Crippen LogP contribution in [-0.4, -0.2) is 10.9 Å². The summed E-state index contributed by atoms with van der Waals surface area (Å²) in [4.78, 5) is 29.0. The number of azide groups is 1. The summed E-state index contributed by atoms with van der Waals surface area (Å²) in [5, 5.41) is 14.2. The fourth-order valence-electron chi connectivity index (χ4n) is 1.55. The molecule has 1 N–H and O–H groups in total. The smallest absolute Gasteiger partial charge is 0.332 e. The zero-order valence-electron chi connectivity index (χ0n) is 11.5. The highest BCUT2D eigenvalue weighted by atomic mass is 16.7. The first-order chi connectivity index (χ1) is 10.1. The molecule has 0 heterocycles. The topological polar surface area (TPSA) is 130 Å². The van der Waals surface area contributed by atoms with E-state index < -0.39 is 10.9 Å². The molecule has 0 radical (unpaired) electrons. The van der Waals surface area contributed by atoms with Gasteiger partial charge in [0.05, 0.1) is 4.92 Å². The Morgan fingerprint density at radius 2 is 2.29 bits per heavy atom. The first-order valence-corrected chi connectivity index (χ1v) is 6.37. The lowest BCUT2D eigenvalue weighted by Gasteiger charge is -2.07. The van der Waals surface area contributed by atoms with Crippen molar-refractivity contribution in [2.75, 3.05) is 5.48 Å². The molecule has 1 aromatic rings. The number of hydrogen-bond donors (Lipinski definition) is 1. The number of nitrogens with one attached hydrogen (secondary N) is 1. The Morgan fingerprint density at radius 3 is 2.90 bits per heavy atom. The molecule has 0 unspecified atom stereocenters. The summed E-state index contributed by atoms with van der Waals surface area (Å²) >= 11 is 0. The number of hydrogen-bond acceptors (Lipinski definition) is 6. The van der Waals surface area contributed by atoms with Crippen LogP contribution in [-0.2, 0) is 9.63 Å². The molecule has 0 saturated carbocycles. The Morgan fingerprint density at radius 1 is 1.52 bits per heavy atom. The van der Waals surface area contributed by atoms with Crippen LogP contribution in [0.4, 0.5) is 17.1 Å². The molecular weight excluding hydrogens is 278 g/mol. The van der Waals surface area contributed by atoms with Crippen LogP contribution in [0.1, 0.15) is 32.6 Å². The van der Waals surface area contributed by atoms with E-state index in [9.17, 15) is 14.9 Å². The average Bonchev–Trinajstić information content (AvgIpc) is 2.46. The average molecular weight is 293 g/mol. The van der Waals surface area contributed by atoms with Crippen LogP contribution in [0.15, 0.2) is 23.3 Å². The van der Waals surface area contributed by atoms with Gasteiger partial charge >= 0.3 is 5.97 Å². The van der Waals surface area contributed by atoms with Gasteiger partial charge in [0.1, 0.15) is 5.69 Å². The minimum absolute atomic E-state index is 0.0146. The predicted octanol–water partition coefficient (Wildman–Crippen LogP) is 3.99. The Hall–Kier alpha value is -2.80. The monoisotopic (exact) mass is 293 g/mol. The molecule has 0 aliphatic rings. The van der Waals surface area contributed by atoms with Crippen molar-refractivity contribution < 1.29 is 14.6 Å². The predicted molar refractivity (Wildman–Crippen MR) is 75.8 cm³/mol. The zero-order chi connectivity index (χ0) is 15.7. The molecule has 9 nitrogen and oxygen atoms in total. The molecule has 112 valence electrons. The number of nitrogens with zero attached hydrogens (tertiary/aromatic N) is 4. The number of nitro benzene ring substituents is 1. The van der Waals surface area contributed by atoms with E-state index in [1.807, 2.05) is 6.92 Å². The van der Waals surface area contributed by atoms with E-state index in [1.165, 1.54) is 12.1 Å². The highest BCUT2D eigenvalue weighted by Gasteiger charge is 2.15. The van der Waals surface area contributed by atoms with Crippen molar-refractivity contribution in [3.8, 4) is 0 Å². The molecule has 0 saturated heterocycles. The van der Waals surface area contributed by atoms with Gasteiger partial charge < -0.3 is 4.84 Å². The van der Waals surface area contributed by atoms with Gasteiger partial charge in [-0.2, -0.15) is 0 Å². The van der Waals surface area contributed by atoms with Gasteiger partial charge in [0, 0.05) is 23.1 Å². The van der Waals surface area contributed by atoms with Crippen LogP contribution in [0.3, 0.4) is 0 Å². The molecule has 9 heteroatoms. The van der Waals surface area contributed by atoms with Gasteiger partial charge in [0.25, 0.3) is 5.69 Å². The maximum Gasteiger partial charge on any atom is 0.332 e. The first kappa shape index (κ1) is 16.3. The highest BCUT2D eigenvalue weighted by molar-refractivity contribution is 5.72. The van der Waals surface area contributed by atoms with Crippen LogP contribution >= 0.6 is 0 Å². The van der Waals surface area contributed by atoms with Crippen LogP contribution in [0, 0.1) is 10.1 Å². The minimum atomic E-state index is -0.663. The Labute approximate surface area is 120 Å². The van der Waals surface area contributed by atoms with Crippen molar-refractivity contribution in [2.45, 2.75) is 32.6 Å². The van der Waals surface area contributed by atoms with Gasteiger partial charge in [-0.25, -0.2) is 10.3 Å². The second kappa shape index (κ2) is 8.39. The molecular formula is C12H15N5O4. The molecule has 0 bridgehead atoms. The van der Waals surface area contributed by atoms with Gasteiger partial charge in [-0.3, -0.25) is 10.1 Å². The fraction of sp³-hybridized carbons (Fsp3) is 0.417. The number of benzene rings is 1. The number of carbonyl (C=O) groups excluding carboxylic acids is 1. The highest BCUT2D eigenvalue weighted by Crippen LogP contribution is 2.29. The van der Waals surface area contributed by atoms with Crippen molar-refractivity contribution >= 4 is 23.0 Å². The van der Waals surface area contributed by atoms with E-state index in [0.29, 0.717) is 6.42 Å². The summed E-state index contributed by atoms with van der Waals surface area (Å²) in [6.07, 6.45) is 2.84. The molecule has 0 aliphatic heterocycles. The third-order valence-corrected chi connectivity index (χ3v) is 2.60. The molecule has 0 atom stereocenters. The first-order valence-electron chi connectivity index (χ1n) is 6.37. The Balaban J connectivity index is 2.72. The number of carbonyl (C=O) groups is 1. The van der Waals surface area contributed by atoms with Gasteiger partial charge in [-0.05, 0) is 18.0 Å². The third-order valence-electron chi connectivity index (χ3n) is 2.60. The summed E-state index contributed by atoms with van der Waals surface area (Å²) in [6, 6.07) is 3.77. The normalized spacial score (nSPS) is 9.57. The summed E-state index contributed by atoms with van der Waals surface area (Å²) < 4.78 is 0. The second-order valence-corrected chi connectivity index (χ2v) is 4.18. The van der Waals surface area contributed by atoms with Crippen LogP contribution in [0.2, 0.25) is 0 Å². The molecule has 0 amide bonds. The van der Waals surface area contributed by atoms with Crippen LogP contribution in [0.5, 0.6) is 0 Å². The number of rotatable bonds is 8. The lowest BCUT2D eigenvalue weighted by Crippen LogP contribution is -2.11. The summed E-state index contributed by atoms with van der Waals surface area (Å²) in [6.45, 7) is 2.01. The second-order valence-electron chi connectivity index (χ2n) is 4.18. The molecule has 1 aromatic carbocycles. The van der Waals surface area contributed by atoms with Crippen molar-refractivity contribution in [2.24, 2.45) is 5.11 Å². The van der Waals surface area contributed by atoms with E-state index in [-0.39, 0.29) is 23.5 Å². The van der Waals surface area contributed by atoms with Gasteiger partial charge in [-0.1, -0.05) is 30.9 Å². The Bertz CT molecular complexity index is 569. The summed E-state index contributed by atoms with van der Waals surface area (Å²) in [5.74, 6) is -0.489. The maximum absolute atomic E-state index is 11.4. The van der Waals surface area contributed by atoms with Gasteiger partial charge in [0.15, 0.2) is 0 Å². The molecule has 0 fully saturated rings. The van der Waals surface area contributed by atoms with E-state index in [4.69, 9.17) is 10.4 Å². The van der Waals surface area contributed by atoms with Crippen LogP contribution < -0.4 is 5.48 Å². The summed E-state index contributed by atoms with van der Waals surface area (Å²) in [5.41, 5.74) is 10.3. The number of nitro groups is 1. The van der Waals surface area contributed by atoms with E-state index >= 15 is 0 Å². The Kier molecular flexibility index (Phi) is 6.49. The van der Waals surface area contributed by atoms with Crippen molar-refractivity contribution in [3.05, 3.63) is 38.8 Å². The fourth-order valence-corrected chi connectivity index (χ4v) is 1.55. The minimum Gasteiger partial charge on any atom is -0.343 e. The molecule has 21 heavy (non-hydrogen) atoms. The van der Waals surface area contributed by atoms with E-state index in [0.717, 1.165) is 18.9 Å². The molecule has 0 aromatic heterocycles. The van der Waals surface area contributed by atoms with Crippen molar-refractivity contribution in [1.29, 1.82) is 0 Å². The molecule has 0 spiro atoms. The van der Waals surface area contributed by atoms with E-state index in [1.54, 1.807) is 0 Å². The van der Waals surface area contributed by atoms with Crippen LogP contribution in [0.25, 0.3) is 10.4 Å².